The first-order valence-corrected chi connectivity index (χ1v) is 13.4. The fourth-order valence-corrected chi connectivity index (χ4v) is 4.09. The number of hydrogen-bond acceptors (Lipinski definition) is 4. The molecule has 0 unspecified atom stereocenters. The zero-order chi connectivity index (χ0) is 26.2. The summed E-state index contributed by atoms with van der Waals surface area (Å²) in [5.74, 6) is 0.561. The van der Waals surface area contributed by atoms with E-state index >= 15 is 0 Å². The maximum atomic E-state index is 12.7. The van der Waals surface area contributed by atoms with E-state index in [-0.39, 0.29) is 12.0 Å². The van der Waals surface area contributed by atoms with Gasteiger partial charge in [0.05, 0.1) is 13.7 Å². The topological polar surface area (TPSA) is 67.9 Å². The lowest BCUT2D eigenvalue weighted by atomic mass is 9.98. The van der Waals surface area contributed by atoms with Gasteiger partial charge in [-0.3, -0.25) is 9.69 Å². The summed E-state index contributed by atoms with van der Waals surface area (Å²) in [5.41, 5.74) is 3.72. The molecule has 0 aliphatic heterocycles. The lowest BCUT2D eigenvalue weighted by Crippen LogP contribution is -2.37. The SMILES string of the molecule is CCCCCCCNC(=O)N(C)c1cccc(-c2cccc(CCC(=O)OC)c2OCCCCC)c1. The Hall–Kier alpha value is -3.02. The van der Waals surface area contributed by atoms with Crippen LogP contribution in [0.25, 0.3) is 11.1 Å². The molecule has 0 radical (unpaired) electrons. The number of urea groups is 1. The fourth-order valence-electron chi connectivity index (χ4n) is 4.09. The van der Waals surface area contributed by atoms with Gasteiger partial charge in [-0.2, -0.15) is 0 Å². The number of amides is 2. The summed E-state index contributed by atoms with van der Waals surface area (Å²) in [7, 11) is 3.20. The van der Waals surface area contributed by atoms with E-state index in [0.717, 1.165) is 60.2 Å². The van der Waals surface area contributed by atoms with Gasteiger partial charge in [-0.25, -0.2) is 4.79 Å². The molecule has 0 aliphatic carbocycles. The average Bonchev–Trinajstić information content (AvgIpc) is 2.91. The van der Waals surface area contributed by atoms with Crippen LogP contribution in [0.1, 0.15) is 77.2 Å². The quantitative estimate of drug-likeness (QED) is 0.198. The first-order valence-electron chi connectivity index (χ1n) is 13.4. The predicted molar refractivity (Wildman–Crippen MR) is 148 cm³/mol. The molecular formula is C30H44N2O4. The average molecular weight is 497 g/mol. The van der Waals surface area contributed by atoms with E-state index in [1.807, 2.05) is 42.5 Å². The highest BCUT2D eigenvalue weighted by Gasteiger charge is 2.16. The number of esters is 1. The van der Waals surface area contributed by atoms with Crippen LogP contribution in [-0.4, -0.2) is 39.3 Å². The Morgan fingerprint density at radius 2 is 1.64 bits per heavy atom. The Morgan fingerprint density at radius 1 is 0.917 bits per heavy atom. The number of ether oxygens (including phenoxy) is 2. The van der Waals surface area contributed by atoms with Crippen molar-refractivity contribution in [2.75, 3.05) is 32.2 Å². The predicted octanol–water partition coefficient (Wildman–Crippen LogP) is 7.14. The zero-order valence-electron chi connectivity index (χ0n) is 22.6. The molecule has 2 aromatic carbocycles. The number of aryl methyl sites for hydroxylation is 1. The number of carbonyl (C=O) groups is 2. The molecule has 2 amide bonds. The summed E-state index contributed by atoms with van der Waals surface area (Å²) in [4.78, 5) is 26.1. The van der Waals surface area contributed by atoms with E-state index in [4.69, 9.17) is 9.47 Å². The highest BCUT2D eigenvalue weighted by atomic mass is 16.5. The van der Waals surface area contributed by atoms with Gasteiger partial charge in [-0.05, 0) is 42.5 Å². The zero-order valence-corrected chi connectivity index (χ0v) is 22.6. The summed E-state index contributed by atoms with van der Waals surface area (Å²) in [6.07, 6.45) is 9.85. The maximum absolute atomic E-state index is 12.7. The number of benzene rings is 2. The first kappa shape index (κ1) is 29.2. The van der Waals surface area contributed by atoms with Crippen molar-refractivity contribution in [2.45, 2.75) is 78.1 Å². The van der Waals surface area contributed by atoms with Gasteiger partial charge in [-0.1, -0.05) is 82.7 Å². The van der Waals surface area contributed by atoms with Crippen LogP contribution in [0, 0.1) is 0 Å². The summed E-state index contributed by atoms with van der Waals surface area (Å²) in [6, 6.07) is 13.9. The normalized spacial score (nSPS) is 10.7. The molecule has 0 saturated carbocycles. The summed E-state index contributed by atoms with van der Waals surface area (Å²) >= 11 is 0. The first-order chi connectivity index (χ1) is 17.5. The van der Waals surface area contributed by atoms with Crippen LogP contribution in [-0.2, 0) is 16.0 Å². The summed E-state index contributed by atoms with van der Waals surface area (Å²) in [6.45, 7) is 5.67. The van der Waals surface area contributed by atoms with Gasteiger partial charge in [-0.15, -0.1) is 0 Å². The van der Waals surface area contributed by atoms with Crippen molar-refractivity contribution < 1.29 is 19.1 Å². The van der Waals surface area contributed by atoms with Crippen LogP contribution < -0.4 is 15.0 Å². The minimum Gasteiger partial charge on any atom is -0.493 e. The number of methoxy groups -OCH3 is 1. The highest BCUT2D eigenvalue weighted by Crippen LogP contribution is 2.36. The van der Waals surface area contributed by atoms with E-state index in [2.05, 4.69) is 19.2 Å². The Balaban J connectivity index is 2.19. The lowest BCUT2D eigenvalue weighted by Gasteiger charge is -2.20. The van der Waals surface area contributed by atoms with Crippen molar-refractivity contribution in [3.05, 3.63) is 48.0 Å². The Bertz CT molecular complexity index is 944. The van der Waals surface area contributed by atoms with Gasteiger partial charge >= 0.3 is 12.0 Å². The van der Waals surface area contributed by atoms with Crippen molar-refractivity contribution in [3.8, 4) is 16.9 Å². The second-order valence-electron chi connectivity index (χ2n) is 9.18. The molecule has 0 aromatic heterocycles. The second-order valence-corrected chi connectivity index (χ2v) is 9.18. The van der Waals surface area contributed by atoms with Crippen LogP contribution in [0.5, 0.6) is 5.75 Å². The Labute approximate surface area is 217 Å². The number of rotatable bonds is 16. The molecule has 0 fully saturated rings. The van der Waals surface area contributed by atoms with Crippen molar-refractivity contribution in [3.63, 3.8) is 0 Å². The monoisotopic (exact) mass is 496 g/mol. The van der Waals surface area contributed by atoms with Gasteiger partial charge in [0.25, 0.3) is 0 Å². The van der Waals surface area contributed by atoms with E-state index in [1.165, 1.54) is 26.4 Å². The molecular weight excluding hydrogens is 452 g/mol. The van der Waals surface area contributed by atoms with E-state index in [0.29, 0.717) is 26.0 Å². The minimum atomic E-state index is -0.239. The standard InChI is InChI=1S/C30H44N2O4/c1-5-7-9-10-11-21-31-30(34)32(3)26-17-13-16-25(23-26)27-18-14-15-24(19-20-28(33)35-4)29(27)36-22-12-8-6-2/h13-18,23H,5-12,19-22H2,1-4H3,(H,31,34). The molecule has 2 rings (SSSR count). The number of carbonyl (C=O) groups excluding carboxylic acids is 2. The molecule has 2 aromatic rings. The van der Waals surface area contributed by atoms with Crippen LogP contribution in [0.2, 0.25) is 0 Å². The van der Waals surface area contributed by atoms with Crippen molar-refractivity contribution in [2.24, 2.45) is 0 Å². The maximum Gasteiger partial charge on any atom is 0.321 e. The number of nitrogens with zero attached hydrogens (tertiary/aromatic N) is 1. The molecule has 1 N–H and O–H groups in total. The molecule has 6 nitrogen and oxygen atoms in total. The van der Waals surface area contributed by atoms with Crippen LogP contribution >= 0.6 is 0 Å². The molecule has 0 spiro atoms. The van der Waals surface area contributed by atoms with Gasteiger partial charge in [0, 0.05) is 31.3 Å². The largest absolute Gasteiger partial charge is 0.493 e. The van der Waals surface area contributed by atoms with Crippen molar-refractivity contribution in [1.29, 1.82) is 0 Å². The van der Waals surface area contributed by atoms with Crippen LogP contribution in [0.4, 0.5) is 10.5 Å². The smallest absolute Gasteiger partial charge is 0.321 e. The van der Waals surface area contributed by atoms with Gasteiger partial charge in [0.15, 0.2) is 0 Å². The number of unbranched alkanes of at least 4 members (excludes halogenated alkanes) is 6. The molecule has 0 aliphatic rings. The van der Waals surface area contributed by atoms with Crippen LogP contribution in [0.3, 0.4) is 0 Å². The number of anilines is 1. The Morgan fingerprint density at radius 3 is 2.39 bits per heavy atom. The van der Waals surface area contributed by atoms with Gasteiger partial charge in [0.2, 0.25) is 0 Å². The van der Waals surface area contributed by atoms with Gasteiger partial charge in [0.1, 0.15) is 5.75 Å². The number of nitrogens with one attached hydrogen (secondary N) is 1. The van der Waals surface area contributed by atoms with Gasteiger partial charge < -0.3 is 14.8 Å². The molecule has 6 heteroatoms. The van der Waals surface area contributed by atoms with E-state index in [1.54, 1.807) is 11.9 Å². The molecule has 198 valence electrons. The number of hydrogen-bond donors (Lipinski definition) is 1. The second kappa shape index (κ2) is 16.6. The number of para-hydroxylation sites is 1. The molecule has 0 heterocycles. The molecule has 0 atom stereocenters. The molecule has 36 heavy (non-hydrogen) atoms. The molecule has 0 bridgehead atoms. The minimum absolute atomic E-state index is 0.106. The third-order valence-electron chi connectivity index (χ3n) is 6.32. The highest BCUT2D eigenvalue weighted by molar-refractivity contribution is 5.92. The van der Waals surface area contributed by atoms with Crippen LogP contribution in [0.15, 0.2) is 42.5 Å². The fraction of sp³-hybridized carbons (Fsp3) is 0.533. The third kappa shape index (κ3) is 9.56. The van der Waals surface area contributed by atoms with E-state index in [9.17, 15) is 9.59 Å². The summed E-state index contributed by atoms with van der Waals surface area (Å²) < 4.78 is 11.1. The molecule has 0 saturated heterocycles. The Kier molecular flexibility index (Phi) is 13.5. The third-order valence-corrected chi connectivity index (χ3v) is 6.32. The summed E-state index contributed by atoms with van der Waals surface area (Å²) in [5, 5.41) is 3.03. The van der Waals surface area contributed by atoms with Crippen molar-refractivity contribution in [1.82, 2.24) is 5.32 Å². The van der Waals surface area contributed by atoms with E-state index < -0.39 is 0 Å². The lowest BCUT2D eigenvalue weighted by molar-refractivity contribution is -0.140. The van der Waals surface area contributed by atoms with Crippen molar-refractivity contribution >= 4 is 17.7 Å².